The predicted octanol–water partition coefficient (Wildman–Crippen LogP) is 12.1. The highest BCUT2D eigenvalue weighted by Crippen LogP contribution is 2.18. The minimum atomic E-state index is -0.105. The lowest BCUT2D eigenvalue weighted by Gasteiger charge is -2.31. The van der Waals surface area contributed by atoms with E-state index in [1.807, 2.05) is 0 Å². The summed E-state index contributed by atoms with van der Waals surface area (Å²) < 4.78 is 12.5. The molecule has 0 amide bonds. The highest BCUT2D eigenvalue weighted by Gasteiger charge is 2.23. The first kappa shape index (κ1) is 47.9. The van der Waals surface area contributed by atoms with Crippen molar-refractivity contribution in [1.82, 2.24) is 9.80 Å². The summed E-state index contributed by atoms with van der Waals surface area (Å²) in [6, 6.07) is 0. The SMILES string of the molecule is CCCCCCCCC(CN(CCCN(CC)CC)CC(CCCCCCCC)OC(=O)CCCCCCC)OC(=O)CCCCCCC. The van der Waals surface area contributed by atoms with Crippen molar-refractivity contribution in [3.8, 4) is 0 Å². The molecule has 0 aromatic heterocycles. The number of rotatable bonds is 38. The molecule has 0 aromatic carbocycles. The Morgan fingerprint density at radius 1 is 0.408 bits per heavy atom. The topological polar surface area (TPSA) is 59.1 Å². The van der Waals surface area contributed by atoms with Gasteiger partial charge < -0.3 is 14.4 Å². The normalized spacial score (nSPS) is 12.9. The Morgan fingerprint density at radius 2 is 0.735 bits per heavy atom. The molecule has 6 heteroatoms. The van der Waals surface area contributed by atoms with Gasteiger partial charge in [0, 0.05) is 25.9 Å². The first-order chi connectivity index (χ1) is 23.9. The van der Waals surface area contributed by atoms with E-state index in [9.17, 15) is 9.59 Å². The van der Waals surface area contributed by atoms with E-state index in [4.69, 9.17) is 9.47 Å². The molecule has 0 aromatic rings. The Bertz CT molecular complexity index is 664. The zero-order valence-electron chi connectivity index (χ0n) is 34.0. The third-order valence-electron chi connectivity index (χ3n) is 10.1. The number of nitrogens with zero attached hydrogens (tertiary/aromatic N) is 2. The summed E-state index contributed by atoms with van der Waals surface area (Å²) in [5.41, 5.74) is 0. The van der Waals surface area contributed by atoms with E-state index >= 15 is 0 Å². The number of hydrogen-bond acceptors (Lipinski definition) is 6. The molecule has 0 N–H and O–H groups in total. The average Bonchev–Trinajstić information content (AvgIpc) is 3.09. The minimum absolute atomic E-state index is 0.0336. The zero-order valence-corrected chi connectivity index (χ0v) is 34.0. The molecule has 0 saturated carbocycles. The summed E-state index contributed by atoms with van der Waals surface area (Å²) in [5.74, 6) is -0.0672. The van der Waals surface area contributed by atoms with Gasteiger partial charge in [-0.2, -0.15) is 0 Å². The van der Waals surface area contributed by atoms with Crippen molar-refractivity contribution in [3.63, 3.8) is 0 Å². The fourth-order valence-electron chi connectivity index (χ4n) is 6.81. The average molecular weight is 695 g/mol. The zero-order chi connectivity index (χ0) is 36.2. The molecule has 0 aliphatic heterocycles. The van der Waals surface area contributed by atoms with Gasteiger partial charge in [-0.25, -0.2) is 0 Å². The molecule has 0 aliphatic carbocycles. The molecule has 0 saturated heterocycles. The molecular weight excluding hydrogens is 608 g/mol. The second-order valence-electron chi connectivity index (χ2n) is 14.8. The second kappa shape index (κ2) is 36.6. The first-order valence-electron chi connectivity index (χ1n) is 21.8. The van der Waals surface area contributed by atoms with Crippen molar-refractivity contribution in [2.75, 3.05) is 39.3 Å². The van der Waals surface area contributed by atoms with Crippen molar-refractivity contribution < 1.29 is 19.1 Å². The Kier molecular flexibility index (Phi) is 35.8. The van der Waals surface area contributed by atoms with Crippen molar-refractivity contribution in [1.29, 1.82) is 0 Å². The van der Waals surface area contributed by atoms with Crippen molar-refractivity contribution in [2.45, 2.75) is 227 Å². The summed E-state index contributed by atoms with van der Waals surface area (Å²) in [5, 5.41) is 0. The second-order valence-corrected chi connectivity index (χ2v) is 14.8. The number of hydrogen-bond donors (Lipinski definition) is 0. The Morgan fingerprint density at radius 3 is 1.10 bits per heavy atom. The summed E-state index contributed by atoms with van der Waals surface area (Å²) >= 11 is 0. The van der Waals surface area contributed by atoms with Gasteiger partial charge >= 0.3 is 11.9 Å². The minimum Gasteiger partial charge on any atom is -0.461 e. The molecule has 0 heterocycles. The molecular formula is C43H86N2O4. The third-order valence-corrected chi connectivity index (χ3v) is 10.1. The van der Waals surface area contributed by atoms with E-state index in [1.165, 1.54) is 103 Å². The lowest BCUT2D eigenvalue weighted by molar-refractivity contribution is -0.152. The number of esters is 2. The van der Waals surface area contributed by atoms with Crippen LogP contribution in [0.4, 0.5) is 0 Å². The van der Waals surface area contributed by atoms with Crippen LogP contribution in [0.15, 0.2) is 0 Å². The van der Waals surface area contributed by atoms with Crippen LogP contribution >= 0.6 is 0 Å². The van der Waals surface area contributed by atoms with Gasteiger partial charge in [0.2, 0.25) is 0 Å². The van der Waals surface area contributed by atoms with Crippen LogP contribution < -0.4 is 0 Å². The Labute approximate surface area is 306 Å². The molecule has 0 fully saturated rings. The molecule has 2 unspecified atom stereocenters. The molecule has 0 bridgehead atoms. The molecule has 292 valence electrons. The van der Waals surface area contributed by atoms with Gasteiger partial charge in [-0.15, -0.1) is 0 Å². The van der Waals surface area contributed by atoms with Crippen LogP contribution in [0.5, 0.6) is 0 Å². The van der Waals surface area contributed by atoms with E-state index in [0.29, 0.717) is 12.8 Å². The molecule has 0 aliphatic rings. The Balaban J connectivity index is 5.70. The molecule has 2 atom stereocenters. The van der Waals surface area contributed by atoms with Crippen LogP contribution in [-0.2, 0) is 19.1 Å². The van der Waals surface area contributed by atoms with Crippen molar-refractivity contribution in [2.24, 2.45) is 0 Å². The van der Waals surface area contributed by atoms with Crippen LogP contribution in [0.2, 0.25) is 0 Å². The maximum Gasteiger partial charge on any atom is 0.306 e. The maximum absolute atomic E-state index is 13.1. The molecule has 0 spiro atoms. The largest absolute Gasteiger partial charge is 0.461 e. The lowest BCUT2D eigenvalue weighted by Crippen LogP contribution is -2.42. The first-order valence-corrected chi connectivity index (χ1v) is 21.8. The van der Waals surface area contributed by atoms with Gasteiger partial charge in [-0.05, 0) is 71.1 Å². The highest BCUT2D eigenvalue weighted by molar-refractivity contribution is 5.69. The third kappa shape index (κ3) is 31.3. The van der Waals surface area contributed by atoms with Crippen molar-refractivity contribution >= 4 is 11.9 Å². The van der Waals surface area contributed by atoms with Gasteiger partial charge in [-0.3, -0.25) is 14.5 Å². The maximum atomic E-state index is 13.1. The predicted molar refractivity (Wildman–Crippen MR) is 211 cm³/mol. The number of carbonyl (C=O) groups excluding carboxylic acids is 2. The van der Waals surface area contributed by atoms with E-state index in [1.54, 1.807) is 0 Å². The van der Waals surface area contributed by atoms with Crippen LogP contribution in [0, 0.1) is 0 Å². The van der Waals surface area contributed by atoms with E-state index in [2.05, 4.69) is 51.3 Å². The quantitative estimate of drug-likeness (QED) is 0.0473. The smallest absolute Gasteiger partial charge is 0.306 e. The van der Waals surface area contributed by atoms with Gasteiger partial charge in [0.25, 0.3) is 0 Å². The number of carbonyl (C=O) groups is 2. The van der Waals surface area contributed by atoms with Crippen LogP contribution in [0.1, 0.15) is 215 Å². The molecule has 49 heavy (non-hydrogen) atoms. The molecule has 6 nitrogen and oxygen atoms in total. The van der Waals surface area contributed by atoms with Crippen LogP contribution in [-0.4, -0.2) is 73.2 Å². The van der Waals surface area contributed by atoms with Gasteiger partial charge in [0.15, 0.2) is 0 Å². The Hall–Kier alpha value is -1.14. The fraction of sp³-hybridized carbons (Fsp3) is 0.953. The number of unbranched alkanes of at least 4 members (excludes halogenated alkanes) is 18. The van der Waals surface area contributed by atoms with Gasteiger partial charge in [0.05, 0.1) is 0 Å². The standard InChI is InChI=1S/C43H86N2O4/c1-7-13-17-21-25-27-32-40(48-42(46)34-29-23-19-15-9-3)38-45(37-31-36-44(11-5)12-6)39-41(33-28-26-22-18-14-8-2)49-43(47)35-30-24-20-16-10-4/h40-41H,7-39H2,1-6H3. The van der Waals surface area contributed by atoms with Gasteiger partial charge in [0.1, 0.15) is 12.2 Å². The van der Waals surface area contributed by atoms with Crippen LogP contribution in [0.25, 0.3) is 0 Å². The lowest BCUT2D eigenvalue weighted by atomic mass is 10.0. The monoisotopic (exact) mass is 695 g/mol. The summed E-state index contributed by atoms with van der Waals surface area (Å²) in [6.07, 6.45) is 29.9. The molecule has 0 radical (unpaired) electrons. The fourth-order valence-corrected chi connectivity index (χ4v) is 6.81. The number of ether oxygens (including phenoxy) is 2. The van der Waals surface area contributed by atoms with Gasteiger partial charge in [-0.1, -0.05) is 157 Å². The molecule has 0 rings (SSSR count). The van der Waals surface area contributed by atoms with Crippen molar-refractivity contribution in [3.05, 3.63) is 0 Å². The van der Waals surface area contributed by atoms with Crippen LogP contribution in [0.3, 0.4) is 0 Å². The van der Waals surface area contributed by atoms with E-state index in [0.717, 1.165) is 97.1 Å². The summed E-state index contributed by atoms with van der Waals surface area (Å²) in [4.78, 5) is 31.1. The highest BCUT2D eigenvalue weighted by atomic mass is 16.5. The summed E-state index contributed by atoms with van der Waals surface area (Å²) in [7, 11) is 0. The van der Waals surface area contributed by atoms with E-state index < -0.39 is 0 Å². The summed E-state index contributed by atoms with van der Waals surface area (Å²) in [6.45, 7) is 19.0. The van der Waals surface area contributed by atoms with E-state index in [-0.39, 0.29) is 24.1 Å².